The normalized spacial score (nSPS) is 10.1. The number of hydrogen-bond donors (Lipinski definition) is 1. The minimum Gasteiger partial charge on any atom is -0.508 e. The minimum atomic E-state index is 0.301. The Labute approximate surface area is 72.8 Å². The van der Waals surface area contributed by atoms with Crippen molar-refractivity contribution in [2.75, 3.05) is 6.61 Å². The van der Waals surface area contributed by atoms with Gasteiger partial charge in [-0.15, -0.1) is 0 Å². The summed E-state index contributed by atoms with van der Waals surface area (Å²) in [5.41, 5.74) is 1.14. The third-order valence-corrected chi connectivity index (χ3v) is 1.54. The number of phenolic OH excluding ortho intramolecular Hbond substituents is 1. The Morgan fingerprint density at radius 2 is 2.00 bits per heavy atom. The second kappa shape index (κ2) is 4.78. The van der Waals surface area contributed by atoms with Crippen LogP contribution in [-0.2, 0) is 11.2 Å². The van der Waals surface area contributed by atoms with Gasteiger partial charge >= 0.3 is 0 Å². The highest BCUT2D eigenvalue weighted by Crippen LogP contribution is 2.10. The van der Waals surface area contributed by atoms with E-state index in [1.807, 2.05) is 19.1 Å². The molecule has 0 bridgehead atoms. The molecule has 12 heavy (non-hydrogen) atoms. The summed E-state index contributed by atoms with van der Waals surface area (Å²) < 4.78 is 5.08. The smallest absolute Gasteiger partial charge is 0.115 e. The van der Waals surface area contributed by atoms with Crippen molar-refractivity contribution < 1.29 is 9.84 Å². The van der Waals surface area contributed by atoms with Crippen LogP contribution >= 0.6 is 0 Å². The van der Waals surface area contributed by atoms with E-state index >= 15 is 0 Å². The maximum atomic E-state index is 8.99. The van der Waals surface area contributed by atoms with Crippen LogP contribution in [0.5, 0.6) is 5.75 Å². The molecule has 1 aromatic rings. The Hall–Kier alpha value is -1.02. The van der Waals surface area contributed by atoms with E-state index in [9.17, 15) is 0 Å². The van der Waals surface area contributed by atoms with Crippen LogP contribution in [0.15, 0.2) is 24.3 Å². The van der Waals surface area contributed by atoms with Crippen LogP contribution in [0, 0.1) is 6.61 Å². The first-order chi connectivity index (χ1) is 5.83. The van der Waals surface area contributed by atoms with E-state index in [4.69, 9.17) is 9.84 Å². The number of hydrogen-bond acceptors (Lipinski definition) is 2. The lowest BCUT2D eigenvalue weighted by Crippen LogP contribution is -1.90. The monoisotopic (exact) mass is 165 g/mol. The molecule has 1 N–H and O–H groups in total. The highest BCUT2D eigenvalue weighted by atomic mass is 16.5. The van der Waals surface area contributed by atoms with Gasteiger partial charge in [-0.1, -0.05) is 12.1 Å². The Balaban J connectivity index is 2.37. The standard InChI is InChI=1S/C10H13O2/c1-2-12-8-7-9-3-5-10(11)6-4-9/h3-6,8,11H,2,7H2,1H3. The predicted octanol–water partition coefficient (Wildman–Crippen LogP) is 2.13. The van der Waals surface area contributed by atoms with Crippen molar-refractivity contribution in [1.29, 1.82) is 0 Å². The molecule has 0 unspecified atom stereocenters. The third-order valence-electron chi connectivity index (χ3n) is 1.54. The molecule has 0 aliphatic rings. The molecule has 1 rings (SSSR count). The average Bonchev–Trinajstić information content (AvgIpc) is 2.09. The van der Waals surface area contributed by atoms with Gasteiger partial charge in [0.2, 0.25) is 0 Å². The van der Waals surface area contributed by atoms with Gasteiger partial charge in [-0.05, 0) is 24.6 Å². The molecule has 0 saturated carbocycles. The van der Waals surface area contributed by atoms with Gasteiger partial charge < -0.3 is 9.84 Å². The fourth-order valence-electron chi connectivity index (χ4n) is 0.905. The predicted molar refractivity (Wildman–Crippen MR) is 47.7 cm³/mol. The SMILES string of the molecule is CCO[CH]Cc1ccc(O)cc1. The van der Waals surface area contributed by atoms with Crippen molar-refractivity contribution in [3.63, 3.8) is 0 Å². The lowest BCUT2D eigenvalue weighted by Gasteiger charge is -2.00. The Morgan fingerprint density at radius 3 is 2.58 bits per heavy atom. The fourth-order valence-corrected chi connectivity index (χ4v) is 0.905. The van der Waals surface area contributed by atoms with Crippen molar-refractivity contribution in [2.45, 2.75) is 13.3 Å². The Morgan fingerprint density at radius 1 is 1.33 bits per heavy atom. The van der Waals surface area contributed by atoms with Crippen LogP contribution in [0.1, 0.15) is 12.5 Å². The largest absolute Gasteiger partial charge is 0.508 e. The fraction of sp³-hybridized carbons (Fsp3) is 0.300. The molecule has 0 amide bonds. The topological polar surface area (TPSA) is 29.5 Å². The van der Waals surface area contributed by atoms with Gasteiger partial charge in [0.25, 0.3) is 0 Å². The minimum absolute atomic E-state index is 0.301. The summed E-state index contributed by atoms with van der Waals surface area (Å²) >= 11 is 0. The maximum Gasteiger partial charge on any atom is 0.115 e. The molecule has 0 aromatic heterocycles. The molecule has 1 radical (unpaired) electrons. The third kappa shape index (κ3) is 2.93. The number of benzene rings is 1. The first-order valence-electron chi connectivity index (χ1n) is 4.04. The number of ether oxygens (including phenoxy) is 1. The summed E-state index contributed by atoms with van der Waals surface area (Å²) in [4.78, 5) is 0. The molecule has 65 valence electrons. The van der Waals surface area contributed by atoms with Crippen molar-refractivity contribution >= 4 is 0 Å². The zero-order chi connectivity index (χ0) is 8.81. The summed E-state index contributed by atoms with van der Waals surface area (Å²) in [7, 11) is 0. The summed E-state index contributed by atoms with van der Waals surface area (Å²) in [5, 5.41) is 8.99. The molecule has 0 aliphatic carbocycles. The van der Waals surface area contributed by atoms with E-state index in [0.29, 0.717) is 12.4 Å². The van der Waals surface area contributed by atoms with E-state index in [0.717, 1.165) is 12.0 Å². The number of aromatic hydroxyl groups is 1. The van der Waals surface area contributed by atoms with E-state index < -0.39 is 0 Å². The highest BCUT2D eigenvalue weighted by Gasteiger charge is 1.92. The van der Waals surface area contributed by atoms with Gasteiger partial charge in [-0.2, -0.15) is 0 Å². The molecule has 0 atom stereocenters. The molecular weight excluding hydrogens is 152 g/mol. The molecule has 0 aliphatic heterocycles. The van der Waals surface area contributed by atoms with Crippen LogP contribution in [0.3, 0.4) is 0 Å². The molecule has 0 saturated heterocycles. The molecular formula is C10H13O2. The van der Waals surface area contributed by atoms with Crippen LogP contribution < -0.4 is 0 Å². The quantitative estimate of drug-likeness (QED) is 0.692. The summed E-state index contributed by atoms with van der Waals surface area (Å²) in [5.74, 6) is 0.301. The average molecular weight is 165 g/mol. The lowest BCUT2D eigenvalue weighted by molar-refractivity contribution is 0.212. The van der Waals surface area contributed by atoms with E-state index in [2.05, 4.69) is 0 Å². The second-order valence-corrected chi connectivity index (χ2v) is 2.49. The van der Waals surface area contributed by atoms with E-state index in [-0.39, 0.29) is 0 Å². The zero-order valence-corrected chi connectivity index (χ0v) is 7.16. The van der Waals surface area contributed by atoms with Crippen LogP contribution in [-0.4, -0.2) is 11.7 Å². The lowest BCUT2D eigenvalue weighted by atomic mass is 10.1. The molecule has 1 aromatic carbocycles. The van der Waals surface area contributed by atoms with Gasteiger partial charge in [0, 0.05) is 13.0 Å². The van der Waals surface area contributed by atoms with Gasteiger partial charge in [0.15, 0.2) is 0 Å². The van der Waals surface area contributed by atoms with E-state index in [1.165, 1.54) is 0 Å². The molecule has 2 nitrogen and oxygen atoms in total. The molecule has 2 heteroatoms. The van der Waals surface area contributed by atoms with Crippen molar-refractivity contribution in [2.24, 2.45) is 0 Å². The first kappa shape index (κ1) is 9.07. The van der Waals surface area contributed by atoms with Crippen molar-refractivity contribution in [3.8, 4) is 5.75 Å². The van der Waals surface area contributed by atoms with Crippen LogP contribution in [0.2, 0.25) is 0 Å². The zero-order valence-electron chi connectivity index (χ0n) is 7.16. The first-order valence-corrected chi connectivity index (χ1v) is 4.04. The molecule has 0 heterocycles. The summed E-state index contributed by atoms with van der Waals surface area (Å²) in [6, 6.07) is 7.11. The van der Waals surface area contributed by atoms with Crippen LogP contribution in [0.25, 0.3) is 0 Å². The number of rotatable bonds is 4. The van der Waals surface area contributed by atoms with Gasteiger partial charge in [0.05, 0.1) is 6.61 Å². The van der Waals surface area contributed by atoms with Crippen molar-refractivity contribution in [1.82, 2.24) is 0 Å². The van der Waals surface area contributed by atoms with Gasteiger partial charge in [-0.25, -0.2) is 0 Å². The summed E-state index contributed by atoms with van der Waals surface area (Å²) in [6.45, 7) is 4.43. The Kier molecular flexibility index (Phi) is 3.61. The maximum absolute atomic E-state index is 8.99. The highest BCUT2D eigenvalue weighted by molar-refractivity contribution is 5.26. The summed E-state index contributed by atoms with van der Waals surface area (Å²) in [6.07, 6.45) is 0.786. The second-order valence-electron chi connectivity index (χ2n) is 2.49. The molecule has 0 spiro atoms. The number of phenols is 1. The van der Waals surface area contributed by atoms with E-state index in [1.54, 1.807) is 18.7 Å². The molecule has 0 fully saturated rings. The van der Waals surface area contributed by atoms with Gasteiger partial charge in [-0.3, -0.25) is 0 Å². The Bertz CT molecular complexity index is 216. The van der Waals surface area contributed by atoms with Gasteiger partial charge in [0.1, 0.15) is 5.75 Å². The van der Waals surface area contributed by atoms with Crippen molar-refractivity contribution in [3.05, 3.63) is 36.4 Å². The van der Waals surface area contributed by atoms with Crippen LogP contribution in [0.4, 0.5) is 0 Å².